The zero-order valence-corrected chi connectivity index (χ0v) is 26.9. The van der Waals surface area contributed by atoms with Crippen molar-refractivity contribution < 1.29 is 80.0 Å². The molecule has 2 aromatic rings. The van der Waals surface area contributed by atoms with Gasteiger partial charge in [0.2, 0.25) is 0 Å². The molecule has 4 rings (SSSR count). The van der Waals surface area contributed by atoms with Gasteiger partial charge in [0, 0.05) is 35.7 Å². The molecule has 0 bridgehead atoms. The van der Waals surface area contributed by atoms with E-state index in [0.29, 0.717) is 45.8 Å². The summed E-state index contributed by atoms with van der Waals surface area (Å²) in [5.41, 5.74) is 2.04. The number of ketones is 2. The van der Waals surface area contributed by atoms with Gasteiger partial charge >= 0.3 is 29.0 Å². The zero-order valence-electron chi connectivity index (χ0n) is 24.2. The van der Waals surface area contributed by atoms with E-state index in [1.807, 2.05) is 0 Å². The fraction of sp³-hybridized carbons (Fsp3) is 0.267. The number of allylic oxidation sites excluding steroid dienone is 4. The third-order valence-electron chi connectivity index (χ3n) is 5.81. The van der Waals surface area contributed by atoms with E-state index in [9.17, 15) is 19.2 Å². The molecule has 2 aliphatic rings. The number of cyclic esters (lactones) is 2. The van der Waals surface area contributed by atoms with Crippen molar-refractivity contribution >= 4 is 46.3 Å². The quantitative estimate of drug-likeness (QED) is 0.163. The second kappa shape index (κ2) is 18.0. The Labute approximate surface area is 272 Å². The first-order valence-corrected chi connectivity index (χ1v) is 12.3. The van der Waals surface area contributed by atoms with Gasteiger partial charge in [-0.05, 0) is 52.0 Å². The molecular weight excluding hydrogens is 642 g/mol. The molecule has 0 N–H and O–H groups in total. The minimum absolute atomic E-state index is 0. The predicted molar refractivity (Wildman–Crippen MR) is 148 cm³/mol. The average Bonchev–Trinajstić information content (AvgIpc) is 2.88. The smallest absolute Gasteiger partial charge is 1.00 e. The molecule has 2 heterocycles. The van der Waals surface area contributed by atoms with Crippen molar-refractivity contribution in [3.63, 3.8) is 0 Å². The Balaban J connectivity index is 0.000000767. The molecule has 0 fully saturated rings. The molecule has 0 aliphatic carbocycles. The second-order valence-corrected chi connectivity index (χ2v) is 8.93. The molecule has 10 nitrogen and oxygen atoms in total. The van der Waals surface area contributed by atoms with Crippen molar-refractivity contribution in [1.29, 1.82) is 0 Å². The van der Waals surface area contributed by atoms with Gasteiger partial charge in [-0.1, -0.05) is 12.1 Å². The number of aliphatic imine (C=N–C) groups is 2. The van der Waals surface area contributed by atoms with Crippen molar-refractivity contribution in [3.8, 4) is 11.5 Å². The molecule has 0 amide bonds. The van der Waals surface area contributed by atoms with Crippen molar-refractivity contribution in [2.24, 2.45) is 21.8 Å². The Kier molecular flexibility index (Phi) is 16.4. The van der Waals surface area contributed by atoms with Crippen LogP contribution in [0.3, 0.4) is 0 Å². The minimum atomic E-state index is -0.968. The Morgan fingerprint density at radius 3 is 1.33 bits per heavy atom. The van der Waals surface area contributed by atoms with Crippen LogP contribution in [0.2, 0.25) is 0 Å². The molecule has 2 aliphatic heterocycles. The number of carbonyl (C=O) groups excluding carboxylic acids is 4. The normalized spacial score (nSPS) is 18.1. The molecular formula is C30H30Cl2MnN2O8. The molecule has 2 aromatic carbocycles. The van der Waals surface area contributed by atoms with Gasteiger partial charge in [-0.2, -0.15) is 0 Å². The van der Waals surface area contributed by atoms with E-state index >= 15 is 0 Å². The first-order chi connectivity index (χ1) is 19.0. The van der Waals surface area contributed by atoms with Gasteiger partial charge in [-0.3, -0.25) is 29.2 Å². The van der Waals surface area contributed by atoms with Crippen molar-refractivity contribution in [1.82, 2.24) is 0 Å². The first-order valence-electron chi connectivity index (χ1n) is 12.3. The van der Waals surface area contributed by atoms with E-state index in [1.165, 1.54) is 12.2 Å². The maximum absolute atomic E-state index is 11.9. The van der Waals surface area contributed by atoms with Gasteiger partial charge < -0.3 is 43.8 Å². The summed E-state index contributed by atoms with van der Waals surface area (Å²) in [7, 11) is 3.12. The van der Waals surface area contributed by atoms with E-state index in [1.54, 1.807) is 90.4 Å². The van der Waals surface area contributed by atoms with Crippen molar-refractivity contribution in [2.75, 3.05) is 14.2 Å². The molecule has 0 spiro atoms. The Bertz CT molecular complexity index is 1360. The Morgan fingerprint density at radius 1 is 0.674 bits per heavy atom. The molecule has 2 atom stereocenters. The summed E-state index contributed by atoms with van der Waals surface area (Å²) in [6.07, 6.45) is 2.63. The third-order valence-corrected chi connectivity index (χ3v) is 5.81. The largest absolute Gasteiger partial charge is 2.00 e. The number of hydrogen-bond donors (Lipinski definition) is 0. The molecule has 1 radical (unpaired) electrons. The summed E-state index contributed by atoms with van der Waals surface area (Å²) >= 11 is 0. The summed E-state index contributed by atoms with van der Waals surface area (Å²) in [6.45, 7) is 6.41. The van der Waals surface area contributed by atoms with Crippen LogP contribution in [-0.4, -0.2) is 49.1 Å². The number of halogens is 2. The first kappa shape index (κ1) is 39.2. The number of ether oxygens (including phenoxy) is 4. The number of nitrogens with zero attached hydrogens (tertiary/aromatic N) is 2. The number of rotatable bonds is 6. The minimum Gasteiger partial charge on any atom is -1.00 e. The van der Waals surface area contributed by atoms with Gasteiger partial charge in [0.05, 0.1) is 25.6 Å². The standard InChI is InChI=1S/2C15H15NO4.2ClH.Mn/c2*1-9-7-13(17)14(15(18)20-9)10(2)16-11-5-4-6-12(8-11)19-3;;;/h2*4-8,14H,1-3H3;2*1H;/q;;;;+2/p-2. The zero-order chi connectivity index (χ0) is 29.4. The summed E-state index contributed by atoms with van der Waals surface area (Å²) in [6, 6.07) is 14.1. The van der Waals surface area contributed by atoms with Gasteiger partial charge in [-0.15, -0.1) is 0 Å². The molecule has 229 valence electrons. The number of benzene rings is 2. The molecule has 0 aromatic heterocycles. The molecule has 0 saturated carbocycles. The fourth-order valence-corrected chi connectivity index (χ4v) is 3.94. The predicted octanol–water partition coefficient (Wildman–Crippen LogP) is -1.13. The van der Waals surface area contributed by atoms with E-state index in [0.717, 1.165) is 0 Å². The van der Waals surface area contributed by atoms with E-state index in [2.05, 4.69) is 9.98 Å². The summed E-state index contributed by atoms with van der Waals surface area (Å²) in [5.74, 6) is -1.77. The van der Waals surface area contributed by atoms with Crippen LogP contribution < -0.4 is 34.3 Å². The average molecular weight is 672 g/mol. The molecule has 2 unspecified atom stereocenters. The van der Waals surface area contributed by atoms with Crippen LogP contribution in [0.25, 0.3) is 0 Å². The van der Waals surface area contributed by atoms with Crippen molar-refractivity contribution in [3.05, 3.63) is 72.2 Å². The van der Waals surface area contributed by atoms with E-state index < -0.39 is 23.8 Å². The monoisotopic (exact) mass is 671 g/mol. The molecule has 0 saturated heterocycles. The maximum Gasteiger partial charge on any atom is 2.00 e. The van der Waals surface area contributed by atoms with Crippen LogP contribution in [0.15, 0.2) is 82.2 Å². The van der Waals surface area contributed by atoms with Gasteiger partial charge in [0.25, 0.3) is 0 Å². The van der Waals surface area contributed by atoms with Crippen LogP contribution in [-0.2, 0) is 45.7 Å². The number of esters is 2. The van der Waals surface area contributed by atoms with Crippen LogP contribution >= 0.6 is 0 Å². The van der Waals surface area contributed by atoms with Crippen LogP contribution in [0.1, 0.15) is 27.7 Å². The summed E-state index contributed by atoms with van der Waals surface area (Å²) < 4.78 is 20.1. The van der Waals surface area contributed by atoms with Crippen LogP contribution in [0.5, 0.6) is 11.5 Å². The van der Waals surface area contributed by atoms with E-state index in [4.69, 9.17) is 18.9 Å². The van der Waals surface area contributed by atoms with E-state index in [-0.39, 0.29) is 53.4 Å². The summed E-state index contributed by atoms with van der Waals surface area (Å²) in [4.78, 5) is 55.9. The van der Waals surface area contributed by atoms with Gasteiger partial charge in [0.15, 0.2) is 23.4 Å². The second-order valence-electron chi connectivity index (χ2n) is 8.93. The van der Waals surface area contributed by atoms with Crippen LogP contribution in [0.4, 0.5) is 11.4 Å². The fourth-order valence-electron chi connectivity index (χ4n) is 3.94. The third kappa shape index (κ3) is 10.8. The van der Waals surface area contributed by atoms with Crippen LogP contribution in [0, 0.1) is 11.8 Å². The molecule has 13 heteroatoms. The van der Waals surface area contributed by atoms with Gasteiger partial charge in [-0.25, -0.2) is 0 Å². The Morgan fingerprint density at radius 2 is 1.02 bits per heavy atom. The number of hydrogen-bond acceptors (Lipinski definition) is 10. The van der Waals surface area contributed by atoms with Gasteiger partial charge in [0.1, 0.15) is 23.0 Å². The number of methoxy groups -OCH3 is 2. The Hall–Kier alpha value is -3.76. The van der Waals surface area contributed by atoms with Crippen molar-refractivity contribution in [2.45, 2.75) is 27.7 Å². The maximum atomic E-state index is 11.9. The number of carbonyl (C=O) groups is 4. The molecule has 43 heavy (non-hydrogen) atoms. The SMILES string of the molecule is COc1cccc(N=C(C)C2C(=O)C=C(C)OC2=O)c1.COc1cccc(N=C(C)C2C(=O)C=C(C)OC2=O)c1.[Cl-].[Cl-].[Mn+2]. The topological polar surface area (TPSA) is 130 Å². The summed E-state index contributed by atoms with van der Waals surface area (Å²) in [5, 5.41) is 0.